The van der Waals surface area contributed by atoms with Crippen LogP contribution in [0.2, 0.25) is 0 Å². The molecule has 0 radical (unpaired) electrons. The Balaban J connectivity index is 1.86. The molecule has 1 aromatic heterocycles. The number of amides is 1. The quantitative estimate of drug-likeness (QED) is 0.666. The van der Waals surface area contributed by atoms with Crippen LogP contribution in [0.4, 0.5) is 5.82 Å². The van der Waals surface area contributed by atoms with E-state index in [9.17, 15) is 4.79 Å². The number of hydrogen-bond donors (Lipinski definition) is 1. The van der Waals surface area contributed by atoms with Crippen LogP contribution in [0.15, 0.2) is 77.4 Å². The number of hydrogen-bond acceptors (Lipinski definition) is 3. The minimum atomic E-state index is -0.780. The van der Waals surface area contributed by atoms with E-state index in [1.165, 1.54) is 0 Å². The largest absolute Gasteiger partial charge is 0.476 e. The molecule has 0 bridgehead atoms. The monoisotopic (exact) mass is 396 g/mol. The van der Waals surface area contributed by atoms with E-state index in [4.69, 9.17) is 4.74 Å². The van der Waals surface area contributed by atoms with Gasteiger partial charge in [0.05, 0.1) is 0 Å². The van der Waals surface area contributed by atoms with Gasteiger partial charge in [0.1, 0.15) is 11.6 Å². The molecule has 1 unspecified atom stereocenters. The number of ether oxygens (including phenoxy) is 1. The fraction of sp³-hybridized carbons (Fsp3) is 0.100. The second-order valence-electron chi connectivity index (χ2n) is 5.57. The van der Waals surface area contributed by atoms with E-state index in [0.717, 1.165) is 15.6 Å². The number of halogens is 1. The Bertz CT molecular complexity index is 834. The smallest absolute Gasteiger partial charge is 0.271 e. The maximum atomic E-state index is 12.8. The molecule has 5 heteroatoms. The van der Waals surface area contributed by atoms with Crippen LogP contribution >= 0.6 is 15.9 Å². The van der Waals surface area contributed by atoms with Crippen molar-refractivity contribution in [2.24, 2.45) is 0 Å². The van der Waals surface area contributed by atoms with Crippen molar-refractivity contribution >= 4 is 27.7 Å². The lowest BCUT2D eigenvalue weighted by molar-refractivity contribution is -0.123. The molecule has 126 valence electrons. The molecule has 0 spiro atoms. The van der Waals surface area contributed by atoms with Gasteiger partial charge in [-0.15, -0.1) is 0 Å². The highest BCUT2D eigenvalue weighted by atomic mass is 79.9. The van der Waals surface area contributed by atoms with Crippen LogP contribution in [-0.2, 0) is 4.79 Å². The van der Waals surface area contributed by atoms with Crippen LogP contribution < -0.4 is 10.1 Å². The third kappa shape index (κ3) is 4.67. The zero-order valence-electron chi connectivity index (χ0n) is 13.6. The Morgan fingerprint density at radius 3 is 2.40 bits per heavy atom. The number of aromatic nitrogens is 1. The minimum Gasteiger partial charge on any atom is -0.476 e. The van der Waals surface area contributed by atoms with Gasteiger partial charge in [-0.1, -0.05) is 51.8 Å². The number of benzene rings is 2. The normalized spacial score (nSPS) is 11.6. The average Bonchev–Trinajstić information content (AvgIpc) is 2.63. The zero-order chi connectivity index (χ0) is 17.6. The first-order valence-electron chi connectivity index (χ1n) is 7.82. The summed E-state index contributed by atoms with van der Waals surface area (Å²) in [4.78, 5) is 16.9. The fourth-order valence-corrected chi connectivity index (χ4v) is 2.56. The third-order valence-electron chi connectivity index (χ3n) is 3.60. The molecule has 4 nitrogen and oxygen atoms in total. The Kier molecular flexibility index (Phi) is 5.46. The van der Waals surface area contributed by atoms with Gasteiger partial charge >= 0.3 is 0 Å². The Labute approximate surface area is 155 Å². The first kappa shape index (κ1) is 17.2. The highest BCUT2D eigenvalue weighted by Crippen LogP contribution is 2.25. The summed E-state index contributed by atoms with van der Waals surface area (Å²) in [6.45, 7) is 2.00. The molecular formula is C20H17BrN2O2. The topological polar surface area (TPSA) is 51.2 Å². The summed E-state index contributed by atoms with van der Waals surface area (Å²) >= 11 is 3.41. The van der Waals surface area contributed by atoms with Crippen molar-refractivity contribution in [1.82, 2.24) is 4.98 Å². The summed E-state index contributed by atoms with van der Waals surface area (Å²) in [5.74, 6) is 0.846. The molecule has 0 fully saturated rings. The summed E-state index contributed by atoms with van der Waals surface area (Å²) in [6.07, 6.45) is 0.850. The highest BCUT2D eigenvalue weighted by molar-refractivity contribution is 9.10. The number of rotatable bonds is 5. The van der Waals surface area contributed by atoms with Crippen molar-refractivity contribution < 1.29 is 9.53 Å². The van der Waals surface area contributed by atoms with Gasteiger partial charge in [-0.25, -0.2) is 4.98 Å². The summed E-state index contributed by atoms with van der Waals surface area (Å²) in [6, 6.07) is 20.5. The summed E-state index contributed by atoms with van der Waals surface area (Å²) < 4.78 is 6.91. The van der Waals surface area contributed by atoms with Crippen LogP contribution in [0.1, 0.15) is 17.2 Å². The van der Waals surface area contributed by atoms with E-state index in [2.05, 4.69) is 26.2 Å². The molecule has 1 N–H and O–H groups in total. The van der Waals surface area contributed by atoms with Gasteiger partial charge in [0.25, 0.3) is 5.91 Å². The fourth-order valence-electron chi connectivity index (χ4n) is 2.29. The second kappa shape index (κ2) is 7.94. The molecule has 0 saturated carbocycles. The van der Waals surface area contributed by atoms with Crippen molar-refractivity contribution in [2.45, 2.75) is 13.0 Å². The second-order valence-corrected chi connectivity index (χ2v) is 6.48. The predicted molar refractivity (Wildman–Crippen MR) is 102 cm³/mol. The van der Waals surface area contributed by atoms with Crippen molar-refractivity contribution in [3.05, 3.63) is 88.5 Å². The Hall–Kier alpha value is -2.66. The number of aryl methyl sites for hydroxylation is 1. The van der Waals surface area contributed by atoms with Crippen molar-refractivity contribution in [3.8, 4) is 5.75 Å². The molecule has 3 rings (SSSR count). The molecule has 0 aliphatic rings. The van der Waals surface area contributed by atoms with E-state index < -0.39 is 6.10 Å². The number of pyridine rings is 1. The maximum absolute atomic E-state index is 12.8. The zero-order valence-corrected chi connectivity index (χ0v) is 15.2. The standard InChI is InChI=1S/C20H17BrN2O2/c1-14-5-11-17(12-6-14)25-19(15-7-9-16(21)10-8-15)20(24)23-18-4-2-3-13-22-18/h2-13,19H,1H3,(H,22,23,24). The third-order valence-corrected chi connectivity index (χ3v) is 4.13. The highest BCUT2D eigenvalue weighted by Gasteiger charge is 2.23. The molecule has 1 heterocycles. The summed E-state index contributed by atoms with van der Waals surface area (Å²) in [5.41, 5.74) is 1.89. The minimum absolute atomic E-state index is 0.276. The van der Waals surface area contributed by atoms with Crippen molar-refractivity contribution in [3.63, 3.8) is 0 Å². The van der Waals surface area contributed by atoms with E-state index in [-0.39, 0.29) is 5.91 Å². The number of nitrogens with one attached hydrogen (secondary N) is 1. The molecule has 1 amide bonds. The lowest BCUT2D eigenvalue weighted by Gasteiger charge is -2.19. The van der Waals surface area contributed by atoms with Gasteiger partial charge in [0, 0.05) is 16.2 Å². The van der Waals surface area contributed by atoms with Gasteiger partial charge in [0.15, 0.2) is 0 Å². The lowest BCUT2D eigenvalue weighted by Crippen LogP contribution is -2.26. The number of nitrogens with zero attached hydrogens (tertiary/aromatic N) is 1. The van der Waals surface area contributed by atoms with Crippen LogP contribution in [-0.4, -0.2) is 10.9 Å². The first-order chi connectivity index (χ1) is 12.1. The molecule has 25 heavy (non-hydrogen) atoms. The van der Waals surface area contributed by atoms with E-state index in [1.54, 1.807) is 18.3 Å². The number of carbonyl (C=O) groups excluding carboxylic acids is 1. The summed E-state index contributed by atoms with van der Waals surface area (Å²) in [7, 11) is 0. The van der Waals surface area contributed by atoms with Gasteiger partial charge in [0.2, 0.25) is 6.10 Å². The van der Waals surface area contributed by atoms with Gasteiger partial charge in [-0.05, 0) is 43.3 Å². The predicted octanol–water partition coefficient (Wildman–Crippen LogP) is 4.91. The van der Waals surface area contributed by atoms with Gasteiger partial charge < -0.3 is 10.1 Å². The number of carbonyl (C=O) groups is 1. The molecule has 0 saturated heterocycles. The molecule has 3 aromatic rings. The molecule has 1 atom stereocenters. The van der Waals surface area contributed by atoms with Crippen molar-refractivity contribution in [2.75, 3.05) is 5.32 Å². The van der Waals surface area contributed by atoms with Gasteiger partial charge in [-0.2, -0.15) is 0 Å². The molecular weight excluding hydrogens is 380 g/mol. The van der Waals surface area contributed by atoms with Crippen LogP contribution in [0.3, 0.4) is 0 Å². The molecule has 0 aliphatic carbocycles. The van der Waals surface area contributed by atoms with Crippen LogP contribution in [0.25, 0.3) is 0 Å². The van der Waals surface area contributed by atoms with E-state index >= 15 is 0 Å². The summed E-state index contributed by atoms with van der Waals surface area (Å²) in [5, 5.41) is 2.80. The Morgan fingerprint density at radius 2 is 1.76 bits per heavy atom. The van der Waals surface area contributed by atoms with Crippen molar-refractivity contribution in [1.29, 1.82) is 0 Å². The maximum Gasteiger partial charge on any atom is 0.271 e. The average molecular weight is 397 g/mol. The first-order valence-corrected chi connectivity index (χ1v) is 8.62. The van der Waals surface area contributed by atoms with E-state index in [1.807, 2.05) is 61.5 Å². The van der Waals surface area contributed by atoms with Gasteiger partial charge in [-0.3, -0.25) is 4.79 Å². The van der Waals surface area contributed by atoms with Crippen LogP contribution in [0, 0.1) is 6.92 Å². The van der Waals surface area contributed by atoms with Crippen LogP contribution in [0.5, 0.6) is 5.75 Å². The lowest BCUT2D eigenvalue weighted by atomic mass is 10.1. The Morgan fingerprint density at radius 1 is 1.04 bits per heavy atom. The molecule has 2 aromatic carbocycles. The SMILES string of the molecule is Cc1ccc(OC(C(=O)Nc2ccccn2)c2ccc(Br)cc2)cc1. The van der Waals surface area contributed by atoms with E-state index in [0.29, 0.717) is 11.6 Å². The number of anilines is 1. The molecule has 0 aliphatic heterocycles.